The van der Waals surface area contributed by atoms with Crippen LogP contribution in [0.5, 0.6) is 0 Å². The van der Waals surface area contributed by atoms with E-state index in [-0.39, 0.29) is 6.04 Å². The first-order valence-corrected chi connectivity index (χ1v) is 7.47. The fourth-order valence-corrected chi connectivity index (χ4v) is 3.16. The molecule has 0 N–H and O–H groups in total. The van der Waals surface area contributed by atoms with Crippen molar-refractivity contribution in [2.75, 3.05) is 13.1 Å². The van der Waals surface area contributed by atoms with Crippen LogP contribution >= 0.6 is 35.8 Å². The number of rotatable bonds is 2. The van der Waals surface area contributed by atoms with E-state index in [1.54, 1.807) is 6.07 Å². The molecule has 1 aromatic carbocycles. The minimum atomic E-state index is -0.470. The molecule has 1 atom stereocenters. The van der Waals surface area contributed by atoms with Gasteiger partial charge in [-0.3, -0.25) is 4.90 Å². The van der Waals surface area contributed by atoms with Gasteiger partial charge in [-0.2, -0.15) is 17.9 Å². The van der Waals surface area contributed by atoms with E-state index in [1.165, 1.54) is 0 Å². The number of piperidine rings is 1. The predicted octanol–water partition coefficient (Wildman–Crippen LogP) is 4.34. The van der Waals surface area contributed by atoms with E-state index in [0.29, 0.717) is 10.0 Å². The third-order valence-electron chi connectivity index (χ3n) is 3.75. The number of benzene rings is 1. The first kappa shape index (κ1) is 15.0. The molecule has 1 aromatic rings. The zero-order chi connectivity index (χ0) is 14.0. The molecule has 0 radical (unpaired) electrons. The second-order valence-electron chi connectivity index (χ2n) is 5.06. The van der Waals surface area contributed by atoms with Gasteiger partial charge in [0.25, 0.3) is 0 Å². The zero-order valence-corrected chi connectivity index (χ0v) is 13.1. The van der Waals surface area contributed by atoms with Crippen molar-refractivity contribution in [3.8, 4) is 6.07 Å². The van der Waals surface area contributed by atoms with Crippen LogP contribution in [0.4, 0.5) is 0 Å². The minimum absolute atomic E-state index is 0.243. The SMILES string of the molecule is CC(c1cc(Cl)cc(Cl)c1)N1CCC(S)(C#N)CC1. The zero-order valence-electron chi connectivity index (χ0n) is 10.7. The van der Waals surface area contributed by atoms with Crippen LogP contribution in [-0.2, 0) is 0 Å². The molecule has 19 heavy (non-hydrogen) atoms. The Morgan fingerprint density at radius 3 is 2.26 bits per heavy atom. The molecule has 0 spiro atoms. The largest absolute Gasteiger partial charge is 0.296 e. The van der Waals surface area contributed by atoms with Crippen molar-refractivity contribution in [3.63, 3.8) is 0 Å². The first-order chi connectivity index (χ1) is 8.93. The summed E-state index contributed by atoms with van der Waals surface area (Å²) < 4.78 is -0.470. The van der Waals surface area contributed by atoms with Crippen molar-refractivity contribution in [3.05, 3.63) is 33.8 Å². The van der Waals surface area contributed by atoms with Crippen molar-refractivity contribution in [2.45, 2.75) is 30.6 Å². The Bertz CT molecular complexity index is 484. The lowest BCUT2D eigenvalue weighted by atomic mass is 9.95. The second kappa shape index (κ2) is 5.93. The van der Waals surface area contributed by atoms with Crippen LogP contribution in [0.1, 0.15) is 31.4 Å². The van der Waals surface area contributed by atoms with Gasteiger partial charge in [-0.15, -0.1) is 0 Å². The summed E-state index contributed by atoms with van der Waals surface area (Å²) in [5.41, 5.74) is 1.11. The Morgan fingerprint density at radius 1 is 1.26 bits per heavy atom. The van der Waals surface area contributed by atoms with Gasteiger partial charge in [0.15, 0.2) is 0 Å². The minimum Gasteiger partial charge on any atom is -0.296 e. The molecule has 0 aliphatic carbocycles. The fourth-order valence-electron chi connectivity index (χ4n) is 2.42. The first-order valence-electron chi connectivity index (χ1n) is 6.27. The molecule has 1 fully saturated rings. The summed E-state index contributed by atoms with van der Waals surface area (Å²) in [6, 6.07) is 8.18. The van der Waals surface area contributed by atoms with Crippen LogP contribution in [0, 0.1) is 11.3 Å². The number of halogens is 2. The van der Waals surface area contributed by atoms with E-state index in [9.17, 15) is 0 Å². The number of thiol groups is 1. The summed E-state index contributed by atoms with van der Waals surface area (Å²) in [7, 11) is 0. The number of nitrogens with zero attached hydrogens (tertiary/aromatic N) is 2. The molecule has 2 rings (SSSR count). The fraction of sp³-hybridized carbons (Fsp3) is 0.500. The van der Waals surface area contributed by atoms with Crippen LogP contribution in [-0.4, -0.2) is 22.7 Å². The summed E-state index contributed by atoms with van der Waals surface area (Å²) in [5, 5.41) is 10.4. The summed E-state index contributed by atoms with van der Waals surface area (Å²) >= 11 is 16.5. The highest BCUT2D eigenvalue weighted by atomic mass is 35.5. The molecular formula is C14H16Cl2N2S. The molecule has 5 heteroatoms. The number of nitriles is 1. The molecule has 1 aliphatic rings. The second-order valence-corrected chi connectivity index (χ2v) is 6.79. The quantitative estimate of drug-likeness (QED) is 0.822. The Labute approximate surface area is 129 Å². The number of likely N-dealkylation sites (tertiary alicyclic amines) is 1. The molecule has 2 nitrogen and oxygen atoms in total. The van der Waals surface area contributed by atoms with Gasteiger partial charge in [0.05, 0.1) is 6.07 Å². The van der Waals surface area contributed by atoms with E-state index < -0.39 is 4.75 Å². The van der Waals surface area contributed by atoms with Crippen LogP contribution in [0.2, 0.25) is 10.0 Å². The van der Waals surface area contributed by atoms with E-state index in [2.05, 4.69) is 30.5 Å². The maximum absolute atomic E-state index is 9.09. The molecular weight excluding hydrogens is 299 g/mol. The summed E-state index contributed by atoms with van der Waals surface area (Å²) in [5.74, 6) is 0. The Hall–Kier alpha value is -0.400. The molecule has 0 bridgehead atoms. The lowest BCUT2D eigenvalue weighted by molar-refractivity contribution is 0.166. The van der Waals surface area contributed by atoms with Gasteiger partial charge in [0, 0.05) is 29.2 Å². The Morgan fingerprint density at radius 2 is 1.79 bits per heavy atom. The van der Waals surface area contributed by atoms with E-state index in [4.69, 9.17) is 28.5 Å². The van der Waals surface area contributed by atoms with Crippen molar-refractivity contribution >= 4 is 35.8 Å². The number of hydrogen-bond donors (Lipinski definition) is 1. The molecule has 1 unspecified atom stereocenters. The average Bonchev–Trinajstić information content (AvgIpc) is 2.38. The van der Waals surface area contributed by atoms with Crippen LogP contribution in [0.25, 0.3) is 0 Å². The molecule has 1 aliphatic heterocycles. The van der Waals surface area contributed by atoms with E-state index in [1.807, 2.05) is 12.1 Å². The van der Waals surface area contributed by atoms with Crippen molar-refractivity contribution in [1.29, 1.82) is 5.26 Å². The predicted molar refractivity (Wildman–Crippen MR) is 83.0 cm³/mol. The highest BCUT2D eigenvalue weighted by molar-refractivity contribution is 7.82. The Balaban J connectivity index is 2.09. The van der Waals surface area contributed by atoms with Gasteiger partial charge < -0.3 is 0 Å². The molecule has 1 heterocycles. The van der Waals surface area contributed by atoms with Gasteiger partial charge in [0.1, 0.15) is 4.75 Å². The van der Waals surface area contributed by atoms with Crippen LogP contribution < -0.4 is 0 Å². The standard InChI is InChI=1S/C14H16Cl2N2S/c1-10(11-6-12(15)8-13(16)7-11)18-4-2-14(19,9-17)3-5-18/h6-8,10,19H,2-5H2,1H3. The highest BCUT2D eigenvalue weighted by Gasteiger charge is 2.32. The molecule has 0 aromatic heterocycles. The van der Waals surface area contributed by atoms with Crippen LogP contribution in [0.15, 0.2) is 18.2 Å². The van der Waals surface area contributed by atoms with Crippen molar-refractivity contribution in [2.24, 2.45) is 0 Å². The topological polar surface area (TPSA) is 27.0 Å². The van der Waals surface area contributed by atoms with Gasteiger partial charge >= 0.3 is 0 Å². The van der Waals surface area contributed by atoms with E-state index >= 15 is 0 Å². The monoisotopic (exact) mass is 314 g/mol. The van der Waals surface area contributed by atoms with Crippen LogP contribution in [0.3, 0.4) is 0 Å². The lowest BCUT2D eigenvalue weighted by Gasteiger charge is -2.38. The highest BCUT2D eigenvalue weighted by Crippen LogP contribution is 2.33. The van der Waals surface area contributed by atoms with Gasteiger partial charge in [-0.1, -0.05) is 23.2 Å². The molecule has 0 amide bonds. The average molecular weight is 315 g/mol. The summed E-state index contributed by atoms with van der Waals surface area (Å²) in [4.78, 5) is 2.34. The van der Waals surface area contributed by atoms with E-state index in [0.717, 1.165) is 31.5 Å². The lowest BCUT2D eigenvalue weighted by Crippen LogP contribution is -2.41. The molecule has 1 saturated heterocycles. The third kappa shape index (κ3) is 3.58. The van der Waals surface area contributed by atoms with Gasteiger partial charge in [0.2, 0.25) is 0 Å². The molecule has 102 valence electrons. The van der Waals surface area contributed by atoms with Crippen molar-refractivity contribution < 1.29 is 0 Å². The summed E-state index contributed by atoms with van der Waals surface area (Å²) in [6.45, 7) is 3.87. The summed E-state index contributed by atoms with van der Waals surface area (Å²) in [6.07, 6.45) is 1.57. The third-order valence-corrected chi connectivity index (χ3v) is 4.73. The van der Waals surface area contributed by atoms with Gasteiger partial charge in [-0.25, -0.2) is 0 Å². The number of hydrogen-bond acceptors (Lipinski definition) is 3. The maximum Gasteiger partial charge on any atom is 0.102 e. The van der Waals surface area contributed by atoms with Gasteiger partial charge in [-0.05, 0) is 43.5 Å². The van der Waals surface area contributed by atoms with Crippen molar-refractivity contribution in [1.82, 2.24) is 4.90 Å². The maximum atomic E-state index is 9.09. The Kier molecular flexibility index (Phi) is 4.68. The molecule has 0 saturated carbocycles. The smallest absolute Gasteiger partial charge is 0.102 e. The normalized spacial score (nSPS) is 20.8.